The largest absolute Gasteiger partial charge is 0.490 e. The fourth-order valence-electron chi connectivity index (χ4n) is 5.18. The van der Waals surface area contributed by atoms with Crippen molar-refractivity contribution in [1.29, 1.82) is 0 Å². The standard InChI is InChI=1S/C33H37F3O/c1-3-5-6-7-21-37-31-20-19-29(32(35)33(31)36)26-15-13-25(14-16-26)28-18-17-27(22-30(28)34)24-11-9-23(8-4-2)10-12-24/h11,13-20,22-23H,3-10,12,21H2,1-2H3. The molecule has 4 rings (SSSR count). The molecule has 0 amide bonds. The van der Waals surface area contributed by atoms with Crippen LogP contribution in [0.4, 0.5) is 13.2 Å². The highest BCUT2D eigenvalue weighted by atomic mass is 19.2. The average molecular weight is 507 g/mol. The third-order valence-corrected chi connectivity index (χ3v) is 7.37. The molecule has 0 spiro atoms. The smallest absolute Gasteiger partial charge is 0.201 e. The minimum atomic E-state index is -0.975. The number of hydrogen-bond acceptors (Lipinski definition) is 1. The maximum atomic E-state index is 15.1. The summed E-state index contributed by atoms with van der Waals surface area (Å²) in [5.41, 5.74) is 4.04. The zero-order chi connectivity index (χ0) is 26.2. The van der Waals surface area contributed by atoms with Crippen molar-refractivity contribution in [3.63, 3.8) is 0 Å². The Morgan fingerprint density at radius 1 is 0.757 bits per heavy atom. The van der Waals surface area contributed by atoms with Gasteiger partial charge in [0, 0.05) is 11.1 Å². The van der Waals surface area contributed by atoms with E-state index >= 15 is 4.39 Å². The van der Waals surface area contributed by atoms with Gasteiger partial charge in [0.1, 0.15) is 5.82 Å². The molecule has 0 saturated carbocycles. The molecular weight excluding hydrogens is 469 g/mol. The summed E-state index contributed by atoms with van der Waals surface area (Å²) in [5.74, 6) is -1.51. The highest BCUT2D eigenvalue weighted by molar-refractivity contribution is 5.74. The number of ether oxygens (including phenoxy) is 1. The average Bonchev–Trinajstić information content (AvgIpc) is 2.92. The van der Waals surface area contributed by atoms with Crippen LogP contribution in [-0.4, -0.2) is 6.61 Å². The normalized spacial score (nSPS) is 15.5. The Labute approximate surface area is 219 Å². The molecule has 0 aromatic heterocycles. The van der Waals surface area contributed by atoms with Crippen LogP contribution in [0.1, 0.15) is 77.2 Å². The first kappa shape index (κ1) is 27.0. The SMILES string of the molecule is CCCCCCOc1ccc(-c2ccc(-c3ccc(C4=CCC(CCC)CC4)cc3F)cc2)c(F)c1F. The lowest BCUT2D eigenvalue weighted by Gasteiger charge is -2.22. The summed E-state index contributed by atoms with van der Waals surface area (Å²) < 4.78 is 50.0. The molecule has 0 radical (unpaired) electrons. The molecule has 1 atom stereocenters. The van der Waals surface area contributed by atoms with Gasteiger partial charge in [0.2, 0.25) is 5.82 Å². The van der Waals surface area contributed by atoms with Crippen LogP contribution in [0, 0.1) is 23.4 Å². The van der Waals surface area contributed by atoms with E-state index < -0.39 is 11.6 Å². The third kappa shape index (κ3) is 6.66. The Morgan fingerprint density at radius 3 is 2.11 bits per heavy atom. The molecule has 37 heavy (non-hydrogen) atoms. The van der Waals surface area contributed by atoms with Crippen molar-refractivity contribution in [2.45, 2.75) is 71.6 Å². The molecule has 3 aromatic rings. The number of allylic oxidation sites excluding steroid dienone is 2. The molecule has 1 unspecified atom stereocenters. The molecule has 0 saturated heterocycles. The summed E-state index contributed by atoms with van der Waals surface area (Å²) in [6.07, 6.45) is 12.0. The monoisotopic (exact) mass is 506 g/mol. The highest BCUT2D eigenvalue weighted by Crippen LogP contribution is 2.35. The molecule has 1 aliphatic rings. The van der Waals surface area contributed by atoms with Gasteiger partial charge in [-0.15, -0.1) is 0 Å². The topological polar surface area (TPSA) is 9.23 Å². The minimum Gasteiger partial charge on any atom is -0.490 e. The van der Waals surface area contributed by atoms with Crippen molar-refractivity contribution >= 4 is 5.57 Å². The van der Waals surface area contributed by atoms with Crippen LogP contribution in [-0.2, 0) is 0 Å². The van der Waals surface area contributed by atoms with Crippen LogP contribution >= 0.6 is 0 Å². The van der Waals surface area contributed by atoms with Crippen LogP contribution in [0.3, 0.4) is 0 Å². The van der Waals surface area contributed by atoms with E-state index in [0.717, 1.165) is 56.4 Å². The molecule has 1 nitrogen and oxygen atoms in total. The van der Waals surface area contributed by atoms with Crippen LogP contribution < -0.4 is 4.74 Å². The first-order chi connectivity index (χ1) is 18.0. The Morgan fingerprint density at radius 2 is 1.46 bits per heavy atom. The van der Waals surface area contributed by atoms with Gasteiger partial charge in [0.25, 0.3) is 0 Å². The second-order valence-corrected chi connectivity index (χ2v) is 10.1. The van der Waals surface area contributed by atoms with E-state index in [-0.39, 0.29) is 17.1 Å². The molecule has 0 heterocycles. The number of unbranched alkanes of at least 4 members (excludes halogenated alkanes) is 3. The van der Waals surface area contributed by atoms with Crippen LogP contribution in [0.2, 0.25) is 0 Å². The maximum absolute atomic E-state index is 15.1. The van der Waals surface area contributed by atoms with Gasteiger partial charge in [-0.25, -0.2) is 8.78 Å². The first-order valence-electron chi connectivity index (χ1n) is 13.7. The van der Waals surface area contributed by atoms with Crippen LogP contribution in [0.15, 0.2) is 60.7 Å². The molecular formula is C33H37F3O. The van der Waals surface area contributed by atoms with Crippen molar-refractivity contribution in [2.24, 2.45) is 5.92 Å². The van der Waals surface area contributed by atoms with E-state index in [1.807, 2.05) is 12.1 Å². The summed E-state index contributed by atoms with van der Waals surface area (Å²) in [6.45, 7) is 4.70. The van der Waals surface area contributed by atoms with Gasteiger partial charge in [-0.3, -0.25) is 0 Å². The fourth-order valence-corrected chi connectivity index (χ4v) is 5.18. The molecule has 0 fully saturated rings. The van der Waals surface area contributed by atoms with E-state index in [9.17, 15) is 8.78 Å². The summed E-state index contributed by atoms with van der Waals surface area (Å²) >= 11 is 0. The minimum absolute atomic E-state index is 0.0644. The van der Waals surface area contributed by atoms with Crippen LogP contribution in [0.5, 0.6) is 5.75 Å². The maximum Gasteiger partial charge on any atom is 0.201 e. The van der Waals surface area contributed by atoms with Crippen molar-refractivity contribution < 1.29 is 17.9 Å². The third-order valence-electron chi connectivity index (χ3n) is 7.37. The quantitative estimate of drug-likeness (QED) is 0.235. The van der Waals surface area contributed by atoms with E-state index in [2.05, 4.69) is 19.9 Å². The molecule has 196 valence electrons. The van der Waals surface area contributed by atoms with Crippen molar-refractivity contribution in [3.8, 4) is 28.0 Å². The molecule has 4 heteroatoms. The van der Waals surface area contributed by atoms with E-state index in [0.29, 0.717) is 23.3 Å². The second-order valence-electron chi connectivity index (χ2n) is 10.1. The molecule has 1 aliphatic carbocycles. The lowest BCUT2D eigenvalue weighted by atomic mass is 9.84. The Balaban J connectivity index is 1.46. The molecule has 3 aromatic carbocycles. The summed E-state index contributed by atoms with van der Waals surface area (Å²) in [7, 11) is 0. The molecule has 0 aliphatic heterocycles. The lowest BCUT2D eigenvalue weighted by molar-refractivity contribution is 0.285. The van der Waals surface area contributed by atoms with Gasteiger partial charge in [0.05, 0.1) is 6.61 Å². The van der Waals surface area contributed by atoms with Gasteiger partial charge in [-0.1, -0.05) is 88.4 Å². The Hall–Kier alpha value is -3.01. The zero-order valence-corrected chi connectivity index (χ0v) is 22.0. The first-order valence-corrected chi connectivity index (χ1v) is 13.7. The lowest BCUT2D eigenvalue weighted by Crippen LogP contribution is -2.05. The van der Waals surface area contributed by atoms with E-state index in [1.165, 1.54) is 30.5 Å². The van der Waals surface area contributed by atoms with Crippen molar-refractivity contribution in [1.82, 2.24) is 0 Å². The van der Waals surface area contributed by atoms with Crippen LogP contribution in [0.25, 0.3) is 27.8 Å². The van der Waals surface area contributed by atoms with Gasteiger partial charge in [-0.2, -0.15) is 4.39 Å². The number of hydrogen-bond donors (Lipinski definition) is 0. The summed E-state index contributed by atoms with van der Waals surface area (Å²) in [4.78, 5) is 0. The predicted octanol–water partition coefficient (Wildman–Crippen LogP) is 10.4. The summed E-state index contributed by atoms with van der Waals surface area (Å²) in [6, 6.07) is 15.3. The Kier molecular flexibility index (Phi) is 9.49. The van der Waals surface area contributed by atoms with Gasteiger partial charge in [-0.05, 0) is 72.1 Å². The van der Waals surface area contributed by atoms with E-state index in [4.69, 9.17) is 4.74 Å². The molecule has 0 N–H and O–H groups in total. The number of benzene rings is 3. The second kappa shape index (κ2) is 13.0. The summed E-state index contributed by atoms with van der Waals surface area (Å²) in [5, 5.41) is 0. The van der Waals surface area contributed by atoms with Gasteiger partial charge >= 0.3 is 0 Å². The van der Waals surface area contributed by atoms with Gasteiger partial charge < -0.3 is 4.74 Å². The predicted molar refractivity (Wildman–Crippen MR) is 147 cm³/mol. The zero-order valence-electron chi connectivity index (χ0n) is 22.0. The number of rotatable bonds is 11. The van der Waals surface area contributed by atoms with Gasteiger partial charge in [0.15, 0.2) is 11.6 Å². The number of halogens is 3. The van der Waals surface area contributed by atoms with E-state index in [1.54, 1.807) is 30.3 Å². The fraction of sp³-hybridized carbons (Fsp3) is 0.394. The molecule has 0 bridgehead atoms. The van der Waals surface area contributed by atoms with Crippen molar-refractivity contribution in [3.05, 3.63) is 83.7 Å². The van der Waals surface area contributed by atoms with Crippen molar-refractivity contribution in [2.75, 3.05) is 6.61 Å². The Bertz CT molecular complexity index is 1210. The highest BCUT2D eigenvalue weighted by Gasteiger charge is 2.18.